The van der Waals surface area contributed by atoms with Gasteiger partial charge in [0.2, 0.25) is 0 Å². The molecule has 1 amide bonds. The molecule has 6 heteroatoms. The van der Waals surface area contributed by atoms with Crippen LogP contribution in [0.2, 0.25) is 5.02 Å². The predicted octanol–water partition coefficient (Wildman–Crippen LogP) is 1.84. The predicted molar refractivity (Wildman–Crippen MR) is 60.8 cm³/mol. The lowest BCUT2D eigenvalue weighted by molar-refractivity contribution is -0.144. The van der Waals surface area contributed by atoms with Gasteiger partial charge >= 0.3 is 5.97 Å². The highest BCUT2D eigenvalue weighted by Crippen LogP contribution is 2.37. The molecule has 0 aliphatic heterocycles. The number of amides is 1. The molecule has 0 saturated heterocycles. The van der Waals surface area contributed by atoms with Crippen molar-refractivity contribution >= 4 is 34.8 Å². The lowest BCUT2D eigenvalue weighted by Gasteiger charge is -2.13. The van der Waals surface area contributed by atoms with Gasteiger partial charge in [-0.15, -0.1) is 11.3 Å². The molecule has 1 aliphatic rings. The second kappa shape index (κ2) is 4.07. The number of carbonyl (C=O) groups excluding carboxylic acids is 2. The number of ether oxygens (including phenoxy) is 1. The average molecular weight is 260 g/mol. The Hall–Kier alpha value is -1.07. The molecular formula is C10H10ClNO3S. The van der Waals surface area contributed by atoms with E-state index in [1.165, 1.54) is 18.4 Å². The van der Waals surface area contributed by atoms with E-state index in [2.05, 4.69) is 10.1 Å². The van der Waals surface area contributed by atoms with Crippen molar-refractivity contribution in [3.05, 3.63) is 21.3 Å². The number of halogens is 1. The van der Waals surface area contributed by atoms with Gasteiger partial charge in [-0.25, -0.2) is 4.79 Å². The molecule has 0 atom stereocenters. The monoisotopic (exact) mass is 259 g/mol. The Morgan fingerprint density at radius 3 is 2.69 bits per heavy atom. The third-order valence-corrected chi connectivity index (χ3v) is 3.84. The fourth-order valence-electron chi connectivity index (χ4n) is 1.43. The molecule has 0 aromatic carbocycles. The molecular weight excluding hydrogens is 250 g/mol. The molecule has 2 rings (SSSR count). The van der Waals surface area contributed by atoms with Crippen LogP contribution in [0.4, 0.5) is 0 Å². The Morgan fingerprint density at radius 2 is 2.25 bits per heavy atom. The standard InChI is InChI=1S/C10H10ClNO3S/c1-15-9(14)10(3-4-10)12-8(13)7-6(11)2-5-16-7/h2,5H,3-4H2,1H3,(H,12,13). The van der Waals surface area contributed by atoms with Crippen molar-refractivity contribution in [2.45, 2.75) is 18.4 Å². The van der Waals surface area contributed by atoms with Crippen molar-refractivity contribution in [1.29, 1.82) is 0 Å². The van der Waals surface area contributed by atoms with Crippen LogP contribution in [0.3, 0.4) is 0 Å². The van der Waals surface area contributed by atoms with E-state index in [0.29, 0.717) is 22.7 Å². The number of methoxy groups -OCH3 is 1. The second-order valence-corrected chi connectivity index (χ2v) is 4.95. The summed E-state index contributed by atoms with van der Waals surface area (Å²) in [5.41, 5.74) is -0.820. The lowest BCUT2D eigenvalue weighted by Crippen LogP contribution is -2.43. The van der Waals surface area contributed by atoms with Crippen LogP contribution < -0.4 is 5.32 Å². The van der Waals surface area contributed by atoms with Gasteiger partial charge in [-0.2, -0.15) is 0 Å². The molecule has 1 fully saturated rings. The zero-order chi connectivity index (χ0) is 11.8. The number of nitrogens with one attached hydrogen (secondary N) is 1. The van der Waals surface area contributed by atoms with E-state index in [-0.39, 0.29) is 5.91 Å². The maximum absolute atomic E-state index is 11.8. The Morgan fingerprint density at radius 1 is 1.56 bits per heavy atom. The van der Waals surface area contributed by atoms with Gasteiger partial charge in [0.15, 0.2) is 0 Å². The Balaban J connectivity index is 2.09. The first-order chi connectivity index (χ1) is 7.59. The van der Waals surface area contributed by atoms with Crippen molar-refractivity contribution in [1.82, 2.24) is 5.32 Å². The molecule has 0 unspecified atom stereocenters. The van der Waals surface area contributed by atoms with E-state index in [0.717, 1.165) is 0 Å². The molecule has 4 nitrogen and oxygen atoms in total. The smallest absolute Gasteiger partial charge is 0.331 e. The van der Waals surface area contributed by atoms with Crippen LogP contribution in [0.5, 0.6) is 0 Å². The minimum Gasteiger partial charge on any atom is -0.467 e. The van der Waals surface area contributed by atoms with Crippen molar-refractivity contribution < 1.29 is 14.3 Å². The summed E-state index contributed by atoms with van der Waals surface area (Å²) >= 11 is 7.08. The zero-order valence-corrected chi connectivity index (χ0v) is 10.2. The number of thiophene rings is 1. The van der Waals surface area contributed by atoms with Gasteiger partial charge in [0.05, 0.1) is 12.1 Å². The summed E-state index contributed by atoms with van der Waals surface area (Å²) < 4.78 is 4.64. The molecule has 86 valence electrons. The van der Waals surface area contributed by atoms with Gasteiger partial charge in [0.25, 0.3) is 5.91 Å². The molecule has 0 spiro atoms. The highest BCUT2D eigenvalue weighted by atomic mass is 35.5. The SMILES string of the molecule is COC(=O)C1(NC(=O)c2sccc2Cl)CC1. The largest absolute Gasteiger partial charge is 0.467 e. The highest BCUT2D eigenvalue weighted by Gasteiger charge is 2.52. The summed E-state index contributed by atoms with van der Waals surface area (Å²) in [6.07, 6.45) is 1.24. The third kappa shape index (κ3) is 1.92. The maximum atomic E-state index is 11.8. The van der Waals surface area contributed by atoms with Crippen LogP contribution in [-0.2, 0) is 9.53 Å². The van der Waals surface area contributed by atoms with Gasteiger partial charge in [-0.05, 0) is 24.3 Å². The van der Waals surface area contributed by atoms with E-state index in [9.17, 15) is 9.59 Å². The third-order valence-electron chi connectivity index (χ3n) is 2.50. The average Bonchev–Trinajstić information content (AvgIpc) is 2.91. The number of rotatable bonds is 3. The topological polar surface area (TPSA) is 55.4 Å². The Kier molecular flexibility index (Phi) is 2.90. The highest BCUT2D eigenvalue weighted by molar-refractivity contribution is 7.12. The van der Waals surface area contributed by atoms with Gasteiger partial charge < -0.3 is 10.1 Å². The fourth-order valence-corrected chi connectivity index (χ4v) is 2.47. The first-order valence-corrected chi connectivity index (χ1v) is 5.99. The molecule has 1 N–H and O–H groups in total. The molecule has 1 aromatic rings. The first-order valence-electron chi connectivity index (χ1n) is 4.73. The van der Waals surface area contributed by atoms with E-state index in [1.807, 2.05) is 0 Å². The summed E-state index contributed by atoms with van der Waals surface area (Å²) in [5, 5.41) is 4.81. The van der Waals surface area contributed by atoms with Gasteiger partial charge in [-0.3, -0.25) is 4.79 Å². The van der Waals surface area contributed by atoms with Crippen molar-refractivity contribution in [3.63, 3.8) is 0 Å². The van der Waals surface area contributed by atoms with Crippen LogP contribution in [0, 0.1) is 0 Å². The Bertz CT molecular complexity index is 439. The Labute approximate surface area is 102 Å². The number of hydrogen-bond acceptors (Lipinski definition) is 4. The van der Waals surface area contributed by atoms with E-state index in [4.69, 9.17) is 11.6 Å². The summed E-state index contributed by atoms with van der Waals surface area (Å²) in [7, 11) is 1.31. The van der Waals surface area contributed by atoms with Crippen LogP contribution in [0.15, 0.2) is 11.4 Å². The van der Waals surface area contributed by atoms with Gasteiger partial charge in [0, 0.05) is 0 Å². The van der Waals surface area contributed by atoms with Gasteiger partial charge in [-0.1, -0.05) is 11.6 Å². The number of hydrogen-bond donors (Lipinski definition) is 1. The minimum absolute atomic E-state index is 0.317. The first kappa shape index (κ1) is 11.4. The quantitative estimate of drug-likeness (QED) is 0.843. The minimum atomic E-state index is -0.820. The van der Waals surface area contributed by atoms with Crippen LogP contribution >= 0.6 is 22.9 Å². The molecule has 1 heterocycles. The van der Waals surface area contributed by atoms with Crippen LogP contribution in [0.25, 0.3) is 0 Å². The summed E-state index contributed by atoms with van der Waals surface area (Å²) in [6.45, 7) is 0. The van der Waals surface area contributed by atoms with Crippen molar-refractivity contribution in [3.8, 4) is 0 Å². The maximum Gasteiger partial charge on any atom is 0.331 e. The van der Waals surface area contributed by atoms with Crippen molar-refractivity contribution in [2.75, 3.05) is 7.11 Å². The van der Waals surface area contributed by atoms with Crippen LogP contribution in [0.1, 0.15) is 22.5 Å². The zero-order valence-electron chi connectivity index (χ0n) is 8.58. The van der Waals surface area contributed by atoms with E-state index < -0.39 is 11.5 Å². The summed E-state index contributed by atoms with van der Waals surface area (Å²) in [5.74, 6) is -0.712. The summed E-state index contributed by atoms with van der Waals surface area (Å²) in [4.78, 5) is 23.7. The summed E-state index contributed by atoms with van der Waals surface area (Å²) in [6, 6.07) is 1.65. The van der Waals surface area contributed by atoms with Crippen molar-refractivity contribution in [2.24, 2.45) is 0 Å². The molecule has 0 bridgehead atoms. The normalized spacial score (nSPS) is 16.6. The number of esters is 1. The number of carbonyl (C=O) groups is 2. The molecule has 1 saturated carbocycles. The molecule has 0 radical (unpaired) electrons. The van der Waals surface area contributed by atoms with E-state index >= 15 is 0 Å². The lowest BCUT2D eigenvalue weighted by atomic mass is 10.2. The molecule has 16 heavy (non-hydrogen) atoms. The molecule has 1 aliphatic carbocycles. The van der Waals surface area contributed by atoms with Crippen LogP contribution in [-0.4, -0.2) is 24.5 Å². The van der Waals surface area contributed by atoms with E-state index in [1.54, 1.807) is 11.4 Å². The fraction of sp³-hybridized carbons (Fsp3) is 0.400. The van der Waals surface area contributed by atoms with Gasteiger partial charge in [0.1, 0.15) is 10.4 Å². The molecule has 1 aromatic heterocycles. The second-order valence-electron chi connectivity index (χ2n) is 3.63.